The normalized spacial score (nSPS) is 24.2. The third kappa shape index (κ3) is 9.45. The molecule has 0 heterocycles. The van der Waals surface area contributed by atoms with Crippen molar-refractivity contribution in [2.45, 2.75) is 109 Å². The highest BCUT2D eigenvalue weighted by Crippen LogP contribution is 2.17. The Bertz CT molecular complexity index is 193. The smallest absolute Gasteiger partial charge is 0.0526 e. The standard InChI is InChI=1S/C17H35NO/c1-15(14-16(2)19)18-17-12-10-8-6-4-3-5-7-9-11-13-17/h15-19H,3-14H2,1-2H3. The van der Waals surface area contributed by atoms with Gasteiger partial charge in [-0.25, -0.2) is 0 Å². The molecule has 0 aromatic carbocycles. The van der Waals surface area contributed by atoms with E-state index in [4.69, 9.17) is 0 Å². The first-order chi connectivity index (χ1) is 9.18. The Labute approximate surface area is 120 Å². The molecule has 0 aromatic rings. The van der Waals surface area contributed by atoms with Gasteiger partial charge in [-0.15, -0.1) is 0 Å². The Morgan fingerprint density at radius 3 is 1.68 bits per heavy atom. The molecule has 1 fully saturated rings. The zero-order chi connectivity index (χ0) is 13.9. The maximum absolute atomic E-state index is 9.46. The molecule has 1 aliphatic carbocycles. The predicted molar refractivity (Wildman–Crippen MR) is 83.5 cm³/mol. The van der Waals surface area contributed by atoms with Crippen LogP contribution in [0.25, 0.3) is 0 Å². The van der Waals surface area contributed by atoms with Crippen LogP contribution in [0.1, 0.15) is 90.9 Å². The second kappa shape index (κ2) is 10.7. The number of hydrogen-bond donors (Lipinski definition) is 2. The van der Waals surface area contributed by atoms with Crippen LogP contribution in [0.3, 0.4) is 0 Å². The second-order valence-corrected chi connectivity index (χ2v) is 6.61. The van der Waals surface area contributed by atoms with Crippen LogP contribution in [-0.2, 0) is 0 Å². The largest absolute Gasteiger partial charge is 0.393 e. The molecule has 2 N–H and O–H groups in total. The van der Waals surface area contributed by atoms with Crippen LogP contribution in [0.5, 0.6) is 0 Å². The summed E-state index contributed by atoms with van der Waals surface area (Å²) in [4.78, 5) is 0. The highest BCUT2D eigenvalue weighted by atomic mass is 16.3. The van der Waals surface area contributed by atoms with E-state index in [1.807, 2.05) is 6.92 Å². The maximum atomic E-state index is 9.46. The summed E-state index contributed by atoms with van der Waals surface area (Å²) in [6.45, 7) is 4.10. The fourth-order valence-electron chi connectivity index (χ4n) is 3.31. The first-order valence-corrected chi connectivity index (χ1v) is 8.62. The van der Waals surface area contributed by atoms with Crippen molar-refractivity contribution in [3.05, 3.63) is 0 Å². The summed E-state index contributed by atoms with van der Waals surface area (Å²) in [5.74, 6) is 0. The summed E-state index contributed by atoms with van der Waals surface area (Å²) in [7, 11) is 0. The molecule has 19 heavy (non-hydrogen) atoms. The molecule has 114 valence electrons. The van der Waals surface area contributed by atoms with Crippen molar-refractivity contribution >= 4 is 0 Å². The average molecular weight is 269 g/mol. The number of aliphatic hydroxyl groups is 1. The molecule has 0 bridgehead atoms. The maximum Gasteiger partial charge on any atom is 0.0526 e. The predicted octanol–water partition coefficient (Wildman–Crippen LogP) is 4.41. The number of aliphatic hydroxyl groups excluding tert-OH is 1. The first kappa shape index (κ1) is 17.0. The zero-order valence-electron chi connectivity index (χ0n) is 13.2. The summed E-state index contributed by atoms with van der Waals surface area (Å²) >= 11 is 0. The molecule has 0 amide bonds. The van der Waals surface area contributed by atoms with Gasteiger partial charge in [0.15, 0.2) is 0 Å². The Morgan fingerprint density at radius 2 is 1.26 bits per heavy atom. The van der Waals surface area contributed by atoms with E-state index in [0.29, 0.717) is 12.1 Å². The Kier molecular flexibility index (Phi) is 9.54. The Hall–Kier alpha value is -0.0800. The molecule has 2 nitrogen and oxygen atoms in total. The molecule has 2 unspecified atom stereocenters. The lowest BCUT2D eigenvalue weighted by Crippen LogP contribution is -2.38. The van der Waals surface area contributed by atoms with Crippen LogP contribution in [0.2, 0.25) is 0 Å². The lowest BCUT2D eigenvalue weighted by Gasteiger charge is -2.24. The van der Waals surface area contributed by atoms with Gasteiger partial charge in [0.25, 0.3) is 0 Å². The van der Waals surface area contributed by atoms with Crippen molar-refractivity contribution in [2.75, 3.05) is 0 Å². The highest BCUT2D eigenvalue weighted by Gasteiger charge is 2.13. The first-order valence-electron chi connectivity index (χ1n) is 8.62. The summed E-state index contributed by atoms with van der Waals surface area (Å²) in [6, 6.07) is 1.12. The zero-order valence-corrected chi connectivity index (χ0v) is 13.2. The molecule has 0 aliphatic heterocycles. The average Bonchev–Trinajstić information content (AvgIpc) is 2.31. The van der Waals surface area contributed by atoms with Gasteiger partial charge in [-0.05, 0) is 33.1 Å². The second-order valence-electron chi connectivity index (χ2n) is 6.61. The molecule has 1 saturated carbocycles. The molecule has 2 heteroatoms. The monoisotopic (exact) mass is 269 g/mol. The van der Waals surface area contributed by atoms with Crippen molar-refractivity contribution in [1.82, 2.24) is 5.32 Å². The van der Waals surface area contributed by atoms with Crippen molar-refractivity contribution in [2.24, 2.45) is 0 Å². The quantitative estimate of drug-likeness (QED) is 0.792. The molecule has 0 aromatic heterocycles. The van der Waals surface area contributed by atoms with E-state index in [1.54, 1.807) is 0 Å². The topological polar surface area (TPSA) is 32.3 Å². The minimum absolute atomic E-state index is 0.186. The van der Waals surface area contributed by atoms with Crippen LogP contribution in [0.15, 0.2) is 0 Å². The molecule has 1 rings (SSSR count). The highest BCUT2D eigenvalue weighted by molar-refractivity contribution is 4.73. The van der Waals surface area contributed by atoms with E-state index in [-0.39, 0.29) is 6.10 Å². The van der Waals surface area contributed by atoms with Gasteiger partial charge in [-0.1, -0.05) is 57.8 Å². The Morgan fingerprint density at radius 1 is 0.842 bits per heavy atom. The lowest BCUT2D eigenvalue weighted by atomic mass is 9.97. The van der Waals surface area contributed by atoms with Crippen LogP contribution >= 0.6 is 0 Å². The molecular formula is C17H35NO. The van der Waals surface area contributed by atoms with Crippen LogP contribution in [0.4, 0.5) is 0 Å². The van der Waals surface area contributed by atoms with Crippen LogP contribution in [0, 0.1) is 0 Å². The summed E-state index contributed by atoms with van der Waals surface area (Å²) < 4.78 is 0. The Balaban J connectivity index is 2.29. The van der Waals surface area contributed by atoms with Gasteiger partial charge in [0, 0.05) is 12.1 Å². The van der Waals surface area contributed by atoms with Crippen molar-refractivity contribution < 1.29 is 5.11 Å². The van der Waals surface area contributed by atoms with Gasteiger partial charge in [0.05, 0.1) is 6.10 Å². The molecular weight excluding hydrogens is 234 g/mol. The fraction of sp³-hybridized carbons (Fsp3) is 1.00. The number of hydrogen-bond acceptors (Lipinski definition) is 2. The van der Waals surface area contributed by atoms with Crippen LogP contribution < -0.4 is 5.32 Å². The molecule has 0 radical (unpaired) electrons. The van der Waals surface area contributed by atoms with Gasteiger partial charge in [0.1, 0.15) is 0 Å². The van der Waals surface area contributed by atoms with E-state index < -0.39 is 0 Å². The van der Waals surface area contributed by atoms with Crippen molar-refractivity contribution in [3.63, 3.8) is 0 Å². The molecule has 0 spiro atoms. The van der Waals surface area contributed by atoms with E-state index in [0.717, 1.165) is 6.42 Å². The van der Waals surface area contributed by atoms with Gasteiger partial charge < -0.3 is 10.4 Å². The minimum atomic E-state index is -0.186. The minimum Gasteiger partial charge on any atom is -0.393 e. The SMILES string of the molecule is CC(O)CC(C)NC1CCCCCCCCCCC1. The summed E-state index contributed by atoms with van der Waals surface area (Å²) in [5, 5.41) is 13.2. The third-order valence-electron chi connectivity index (χ3n) is 4.32. The molecule has 0 saturated heterocycles. The number of nitrogens with one attached hydrogen (secondary N) is 1. The molecule has 1 aliphatic rings. The van der Waals surface area contributed by atoms with Gasteiger partial charge in [0.2, 0.25) is 0 Å². The van der Waals surface area contributed by atoms with E-state index in [1.165, 1.54) is 70.6 Å². The molecule has 2 atom stereocenters. The summed E-state index contributed by atoms with van der Waals surface area (Å²) in [5.41, 5.74) is 0. The van der Waals surface area contributed by atoms with Gasteiger partial charge >= 0.3 is 0 Å². The fourth-order valence-corrected chi connectivity index (χ4v) is 3.31. The van der Waals surface area contributed by atoms with E-state index >= 15 is 0 Å². The number of rotatable bonds is 4. The van der Waals surface area contributed by atoms with E-state index in [9.17, 15) is 5.11 Å². The van der Waals surface area contributed by atoms with Crippen LogP contribution in [-0.4, -0.2) is 23.3 Å². The lowest BCUT2D eigenvalue weighted by molar-refractivity contribution is 0.166. The third-order valence-corrected chi connectivity index (χ3v) is 4.32. The van der Waals surface area contributed by atoms with Gasteiger partial charge in [-0.2, -0.15) is 0 Å². The van der Waals surface area contributed by atoms with Gasteiger partial charge in [-0.3, -0.25) is 0 Å². The van der Waals surface area contributed by atoms with Crippen molar-refractivity contribution in [3.8, 4) is 0 Å². The van der Waals surface area contributed by atoms with Crippen molar-refractivity contribution in [1.29, 1.82) is 0 Å². The summed E-state index contributed by atoms with van der Waals surface area (Å²) in [6.07, 6.45) is 16.1. The van der Waals surface area contributed by atoms with E-state index in [2.05, 4.69) is 12.2 Å².